The quantitative estimate of drug-likeness (QED) is 0.856. The maximum Gasteiger partial charge on any atom is 0.0737 e. The van der Waals surface area contributed by atoms with Gasteiger partial charge >= 0.3 is 0 Å². The lowest BCUT2D eigenvalue weighted by Crippen LogP contribution is -2.10. The molecule has 0 radical (unpaired) electrons. The van der Waals surface area contributed by atoms with Crippen LogP contribution in [-0.2, 0) is 0 Å². The van der Waals surface area contributed by atoms with Crippen molar-refractivity contribution in [3.05, 3.63) is 35.5 Å². The standard InChI is InChI=1S/C16H19ClN2/c1-15(2)14(16(15,3)4)19-12-7-8-18-13-9-10(17)5-6-11(12)13/h5-9,14H,1-4H3,(H,18,19). The molecule has 19 heavy (non-hydrogen) atoms. The van der Waals surface area contributed by atoms with E-state index in [1.807, 2.05) is 30.5 Å². The molecule has 0 atom stereocenters. The van der Waals surface area contributed by atoms with Gasteiger partial charge in [0.1, 0.15) is 0 Å². The topological polar surface area (TPSA) is 24.9 Å². The maximum atomic E-state index is 6.02. The molecule has 2 nitrogen and oxygen atoms in total. The number of anilines is 1. The van der Waals surface area contributed by atoms with Crippen LogP contribution in [0.4, 0.5) is 5.69 Å². The Hall–Kier alpha value is -1.28. The van der Waals surface area contributed by atoms with Crippen molar-refractivity contribution in [2.45, 2.75) is 33.7 Å². The summed E-state index contributed by atoms with van der Waals surface area (Å²) in [5.74, 6) is 0. The molecule has 1 saturated carbocycles. The van der Waals surface area contributed by atoms with Crippen molar-refractivity contribution in [2.75, 3.05) is 5.32 Å². The number of benzene rings is 1. The van der Waals surface area contributed by atoms with Gasteiger partial charge in [-0.2, -0.15) is 0 Å². The molecule has 1 N–H and O–H groups in total. The molecule has 1 aromatic heterocycles. The first-order chi connectivity index (χ1) is 8.84. The van der Waals surface area contributed by atoms with Gasteiger partial charge < -0.3 is 5.32 Å². The molecule has 2 aromatic rings. The predicted molar refractivity (Wildman–Crippen MR) is 81.7 cm³/mol. The molecule has 1 heterocycles. The van der Waals surface area contributed by atoms with E-state index in [1.165, 1.54) is 0 Å². The van der Waals surface area contributed by atoms with Gasteiger partial charge in [0.05, 0.1) is 5.52 Å². The molecule has 0 spiro atoms. The van der Waals surface area contributed by atoms with Gasteiger partial charge in [-0.15, -0.1) is 0 Å². The van der Waals surface area contributed by atoms with Gasteiger partial charge in [0, 0.05) is 28.3 Å². The summed E-state index contributed by atoms with van der Waals surface area (Å²) in [6.45, 7) is 9.24. The van der Waals surface area contributed by atoms with Crippen LogP contribution in [0, 0.1) is 10.8 Å². The average Bonchev–Trinajstić information content (AvgIpc) is 2.71. The minimum absolute atomic E-state index is 0.315. The molecule has 1 aliphatic carbocycles. The van der Waals surface area contributed by atoms with Crippen LogP contribution in [0.5, 0.6) is 0 Å². The number of nitrogens with zero attached hydrogens (tertiary/aromatic N) is 1. The smallest absolute Gasteiger partial charge is 0.0737 e. The molecule has 1 aliphatic rings. The van der Waals surface area contributed by atoms with Crippen molar-refractivity contribution in [3.63, 3.8) is 0 Å². The summed E-state index contributed by atoms with van der Waals surface area (Å²) < 4.78 is 0. The van der Waals surface area contributed by atoms with E-state index in [2.05, 4.69) is 38.0 Å². The zero-order chi connectivity index (χ0) is 13.8. The summed E-state index contributed by atoms with van der Waals surface area (Å²) >= 11 is 6.02. The highest BCUT2D eigenvalue weighted by molar-refractivity contribution is 6.31. The highest BCUT2D eigenvalue weighted by atomic mass is 35.5. The number of fused-ring (bicyclic) bond motifs is 1. The number of hydrogen-bond donors (Lipinski definition) is 1. The minimum Gasteiger partial charge on any atom is -0.381 e. The number of pyridine rings is 1. The molecule has 1 aromatic carbocycles. The second-order valence-corrected chi connectivity index (χ2v) is 6.98. The van der Waals surface area contributed by atoms with E-state index in [-0.39, 0.29) is 0 Å². The second kappa shape index (κ2) is 3.86. The van der Waals surface area contributed by atoms with E-state index < -0.39 is 0 Å². The molecule has 0 saturated heterocycles. The monoisotopic (exact) mass is 274 g/mol. The SMILES string of the molecule is CC1(C)C(Nc2ccnc3cc(Cl)ccc23)C1(C)C. The van der Waals surface area contributed by atoms with Crippen LogP contribution in [0.15, 0.2) is 30.5 Å². The van der Waals surface area contributed by atoms with E-state index in [4.69, 9.17) is 11.6 Å². The molecule has 0 amide bonds. The van der Waals surface area contributed by atoms with Crippen LogP contribution in [0.2, 0.25) is 5.02 Å². The second-order valence-electron chi connectivity index (χ2n) is 6.54. The Morgan fingerprint density at radius 2 is 1.79 bits per heavy atom. The van der Waals surface area contributed by atoms with Gasteiger partial charge in [-0.05, 0) is 35.1 Å². The summed E-state index contributed by atoms with van der Waals surface area (Å²) in [6.07, 6.45) is 1.84. The average molecular weight is 275 g/mol. The van der Waals surface area contributed by atoms with Crippen LogP contribution in [0.25, 0.3) is 10.9 Å². The van der Waals surface area contributed by atoms with Crippen LogP contribution >= 0.6 is 11.6 Å². The maximum absolute atomic E-state index is 6.02. The van der Waals surface area contributed by atoms with E-state index in [0.717, 1.165) is 21.6 Å². The van der Waals surface area contributed by atoms with Gasteiger partial charge in [-0.1, -0.05) is 39.3 Å². The van der Waals surface area contributed by atoms with Crippen molar-refractivity contribution in [1.82, 2.24) is 4.98 Å². The largest absolute Gasteiger partial charge is 0.381 e. The highest BCUT2D eigenvalue weighted by Crippen LogP contribution is 2.63. The third-order valence-electron chi connectivity index (χ3n) is 5.03. The Morgan fingerprint density at radius 3 is 2.42 bits per heavy atom. The predicted octanol–water partition coefficient (Wildman–Crippen LogP) is 4.73. The van der Waals surface area contributed by atoms with Crippen LogP contribution < -0.4 is 5.32 Å². The van der Waals surface area contributed by atoms with Crippen LogP contribution in [0.1, 0.15) is 27.7 Å². The number of aromatic nitrogens is 1. The molecule has 0 unspecified atom stereocenters. The van der Waals surface area contributed by atoms with Crippen molar-refractivity contribution in [2.24, 2.45) is 10.8 Å². The molecule has 100 valence electrons. The summed E-state index contributed by atoms with van der Waals surface area (Å²) in [6, 6.07) is 8.39. The number of nitrogens with one attached hydrogen (secondary N) is 1. The van der Waals surface area contributed by atoms with Gasteiger partial charge in [0.25, 0.3) is 0 Å². The van der Waals surface area contributed by atoms with Gasteiger partial charge in [-0.3, -0.25) is 4.98 Å². The Morgan fingerprint density at radius 1 is 1.11 bits per heavy atom. The van der Waals surface area contributed by atoms with E-state index >= 15 is 0 Å². The molecule has 3 rings (SSSR count). The van der Waals surface area contributed by atoms with Gasteiger partial charge in [0.15, 0.2) is 0 Å². The van der Waals surface area contributed by atoms with Crippen LogP contribution in [0.3, 0.4) is 0 Å². The summed E-state index contributed by atoms with van der Waals surface area (Å²) in [5, 5.41) is 5.53. The summed E-state index contributed by atoms with van der Waals surface area (Å²) in [5.41, 5.74) is 2.71. The molecule has 1 fully saturated rings. The number of halogens is 1. The molecular formula is C16H19ClN2. The third kappa shape index (κ3) is 1.81. The fraction of sp³-hybridized carbons (Fsp3) is 0.438. The van der Waals surface area contributed by atoms with E-state index in [9.17, 15) is 0 Å². The van der Waals surface area contributed by atoms with Crippen molar-refractivity contribution in [1.29, 1.82) is 0 Å². The first-order valence-corrected chi connectivity index (χ1v) is 7.02. The molecule has 0 aliphatic heterocycles. The lowest BCUT2D eigenvalue weighted by atomic mass is 10.0. The Bertz CT molecular complexity index is 632. The molecular weight excluding hydrogens is 256 g/mol. The van der Waals surface area contributed by atoms with E-state index in [0.29, 0.717) is 16.9 Å². The third-order valence-corrected chi connectivity index (χ3v) is 5.26. The fourth-order valence-corrected chi connectivity index (χ4v) is 3.13. The van der Waals surface area contributed by atoms with Crippen molar-refractivity contribution in [3.8, 4) is 0 Å². The Labute approximate surface area is 119 Å². The zero-order valence-corrected chi connectivity index (χ0v) is 12.5. The Balaban J connectivity index is 1.99. The molecule has 0 bridgehead atoms. The molecule has 3 heteroatoms. The van der Waals surface area contributed by atoms with Crippen molar-refractivity contribution < 1.29 is 0 Å². The highest BCUT2D eigenvalue weighted by Gasteiger charge is 2.64. The summed E-state index contributed by atoms with van der Waals surface area (Å²) in [4.78, 5) is 4.38. The first kappa shape index (κ1) is 12.7. The number of rotatable bonds is 2. The van der Waals surface area contributed by atoms with Crippen molar-refractivity contribution >= 4 is 28.2 Å². The lowest BCUT2D eigenvalue weighted by molar-refractivity contribution is 0.457. The Kier molecular flexibility index (Phi) is 2.59. The normalized spacial score (nSPS) is 20.5. The minimum atomic E-state index is 0.315. The van der Waals surface area contributed by atoms with Crippen LogP contribution in [-0.4, -0.2) is 11.0 Å². The zero-order valence-electron chi connectivity index (χ0n) is 11.8. The number of hydrogen-bond acceptors (Lipinski definition) is 2. The summed E-state index contributed by atoms with van der Waals surface area (Å²) in [7, 11) is 0. The van der Waals surface area contributed by atoms with Gasteiger partial charge in [0.2, 0.25) is 0 Å². The van der Waals surface area contributed by atoms with E-state index in [1.54, 1.807) is 0 Å². The van der Waals surface area contributed by atoms with Gasteiger partial charge in [-0.25, -0.2) is 0 Å². The first-order valence-electron chi connectivity index (χ1n) is 6.65. The lowest BCUT2D eigenvalue weighted by Gasteiger charge is -2.11. The fourth-order valence-electron chi connectivity index (χ4n) is 2.96.